The lowest BCUT2D eigenvalue weighted by atomic mass is 10.3. The molecule has 2 nitrogen and oxygen atoms in total. The second-order valence-corrected chi connectivity index (χ2v) is 1.40. The highest BCUT2D eigenvalue weighted by Gasteiger charge is 1.80. The van der Waals surface area contributed by atoms with E-state index in [4.69, 9.17) is 0 Å². The van der Waals surface area contributed by atoms with Gasteiger partial charge in [0.15, 0.2) is 0 Å². The summed E-state index contributed by atoms with van der Waals surface area (Å²) in [5.41, 5.74) is 0.542. The highest BCUT2D eigenvalue weighted by Crippen LogP contribution is 1.85. The van der Waals surface area contributed by atoms with Gasteiger partial charge in [0.05, 0.1) is 0 Å². The molecule has 0 aromatic heterocycles. The van der Waals surface area contributed by atoms with Gasteiger partial charge in [-0.15, -0.1) is 0 Å². The fraction of sp³-hybridized carbons (Fsp3) is 0.143. The molecule has 0 unspecified atom stereocenters. The van der Waals surface area contributed by atoms with Crippen LogP contribution >= 0.6 is 0 Å². The van der Waals surface area contributed by atoms with E-state index in [9.17, 15) is 4.79 Å². The van der Waals surface area contributed by atoms with Crippen LogP contribution in [0.1, 0.15) is 0 Å². The third-order valence-corrected chi connectivity index (χ3v) is 0.788. The van der Waals surface area contributed by atoms with Crippen LogP contribution in [0.25, 0.3) is 0 Å². The molecule has 0 fully saturated rings. The maximum atomic E-state index is 10.0. The van der Waals surface area contributed by atoms with Crippen molar-refractivity contribution in [3.63, 3.8) is 0 Å². The lowest BCUT2D eigenvalue weighted by molar-refractivity contribution is -0.104. The lowest BCUT2D eigenvalue weighted by Crippen LogP contribution is -1.77. The van der Waals surface area contributed by atoms with Crippen molar-refractivity contribution in [1.82, 2.24) is 0 Å². The Balaban J connectivity index is 4.06. The van der Waals surface area contributed by atoms with Crippen molar-refractivity contribution in [2.75, 3.05) is 7.05 Å². The molecule has 0 atom stereocenters. The largest absolute Gasteiger partial charge is 0.298 e. The van der Waals surface area contributed by atoms with Gasteiger partial charge >= 0.3 is 0 Å². The molecule has 0 radical (unpaired) electrons. The molecule has 0 spiro atoms. The average Bonchev–Trinajstić information content (AvgIpc) is 1.91. The zero-order valence-corrected chi connectivity index (χ0v) is 5.37. The predicted molar refractivity (Wildman–Crippen MR) is 38.8 cm³/mol. The Morgan fingerprint density at radius 2 is 2.33 bits per heavy atom. The fourth-order valence-electron chi connectivity index (χ4n) is 0.316. The zero-order valence-electron chi connectivity index (χ0n) is 5.37. The summed E-state index contributed by atoms with van der Waals surface area (Å²) in [6, 6.07) is 0. The molecule has 0 amide bonds. The Labute approximate surface area is 54.6 Å². The summed E-state index contributed by atoms with van der Waals surface area (Å²) in [6.07, 6.45) is 5.36. The summed E-state index contributed by atoms with van der Waals surface area (Å²) in [4.78, 5) is 13.7. The van der Waals surface area contributed by atoms with Crippen LogP contribution in [0.5, 0.6) is 0 Å². The van der Waals surface area contributed by atoms with Gasteiger partial charge < -0.3 is 0 Å². The van der Waals surface area contributed by atoms with Gasteiger partial charge in [0.1, 0.15) is 6.29 Å². The Kier molecular flexibility index (Phi) is 4.32. The third-order valence-electron chi connectivity index (χ3n) is 0.788. The smallest absolute Gasteiger partial charge is 0.150 e. The van der Waals surface area contributed by atoms with Gasteiger partial charge in [-0.05, 0) is 6.08 Å². The molecular formula is C7H9NO. The van der Waals surface area contributed by atoms with E-state index in [-0.39, 0.29) is 0 Å². The quantitative estimate of drug-likeness (QED) is 0.238. The molecule has 48 valence electrons. The monoisotopic (exact) mass is 123 g/mol. The van der Waals surface area contributed by atoms with Crippen molar-refractivity contribution in [1.29, 1.82) is 0 Å². The van der Waals surface area contributed by atoms with Crippen LogP contribution in [0.15, 0.2) is 29.3 Å². The van der Waals surface area contributed by atoms with Gasteiger partial charge in [0.25, 0.3) is 0 Å². The third kappa shape index (κ3) is 3.41. The number of nitrogens with zero attached hydrogens (tertiary/aromatic N) is 1. The van der Waals surface area contributed by atoms with Crippen molar-refractivity contribution >= 4 is 12.5 Å². The van der Waals surface area contributed by atoms with E-state index in [2.05, 4.69) is 11.6 Å². The van der Waals surface area contributed by atoms with Crippen LogP contribution in [-0.4, -0.2) is 19.5 Å². The van der Waals surface area contributed by atoms with Crippen LogP contribution in [0, 0.1) is 0 Å². The molecule has 0 aromatic rings. The molecule has 9 heavy (non-hydrogen) atoms. The second kappa shape index (κ2) is 4.97. The normalized spacial score (nSPS) is 11.9. The summed E-state index contributed by atoms with van der Waals surface area (Å²) in [6.45, 7) is 3.42. The van der Waals surface area contributed by atoms with Crippen molar-refractivity contribution in [3.8, 4) is 0 Å². The molecule has 0 heterocycles. The van der Waals surface area contributed by atoms with Crippen LogP contribution in [0.4, 0.5) is 0 Å². The molecule has 0 aliphatic carbocycles. The number of rotatable bonds is 3. The molecule has 0 saturated carbocycles. The van der Waals surface area contributed by atoms with Gasteiger partial charge in [-0.3, -0.25) is 9.79 Å². The molecule has 0 aliphatic rings. The van der Waals surface area contributed by atoms with Crippen molar-refractivity contribution in [3.05, 3.63) is 24.3 Å². The highest BCUT2D eigenvalue weighted by molar-refractivity contribution is 5.86. The number of hydrogen-bond acceptors (Lipinski definition) is 2. The number of carbonyl (C=O) groups is 1. The number of aldehydes is 1. The van der Waals surface area contributed by atoms with E-state index in [0.29, 0.717) is 5.57 Å². The molecule has 0 rings (SSSR count). The SMILES string of the molecule is C=C/C(C=O)=C\C=NC. The number of aliphatic imine (C=N–C) groups is 1. The minimum absolute atomic E-state index is 0.542. The first-order chi connectivity index (χ1) is 4.35. The zero-order chi connectivity index (χ0) is 7.11. The molecule has 0 aliphatic heterocycles. The Hall–Kier alpha value is -1.18. The molecular weight excluding hydrogens is 114 g/mol. The van der Waals surface area contributed by atoms with Gasteiger partial charge in [-0.1, -0.05) is 12.7 Å². The maximum absolute atomic E-state index is 10.0. The van der Waals surface area contributed by atoms with Crippen LogP contribution in [0.3, 0.4) is 0 Å². The minimum Gasteiger partial charge on any atom is -0.298 e. The molecule has 0 N–H and O–H groups in total. The van der Waals surface area contributed by atoms with E-state index in [1.807, 2.05) is 0 Å². The van der Waals surface area contributed by atoms with Crippen molar-refractivity contribution < 1.29 is 4.79 Å². The van der Waals surface area contributed by atoms with E-state index >= 15 is 0 Å². The molecule has 0 bridgehead atoms. The minimum atomic E-state index is 0.542. The lowest BCUT2D eigenvalue weighted by Gasteiger charge is -1.80. The first-order valence-corrected chi connectivity index (χ1v) is 2.55. The Bertz CT molecular complexity index is 146. The Morgan fingerprint density at radius 3 is 2.67 bits per heavy atom. The number of allylic oxidation sites excluding steroid dienone is 3. The van der Waals surface area contributed by atoms with Gasteiger partial charge in [-0.2, -0.15) is 0 Å². The topological polar surface area (TPSA) is 29.4 Å². The molecule has 0 saturated heterocycles. The first kappa shape index (κ1) is 7.82. The number of hydrogen-bond donors (Lipinski definition) is 0. The summed E-state index contributed by atoms with van der Waals surface area (Å²) in [5.74, 6) is 0. The van der Waals surface area contributed by atoms with Crippen LogP contribution < -0.4 is 0 Å². The van der Waals surface area contributed by atoms with Gasteiger partial charge in [-0.25, -0.2) is 0 Å². The standard InChI is InChI=1S/C7H9NO/c1-3-7(6-9)4-5-8-2/h3-6H,1H2,2H3/b7-4+,8-5?. The van der Waals surface area contributed by atoms with Crippen molar-refractivity contribution in [2.45, 2.75) is 0 Å². The summed E-state index contributed by atoms with van der Waals surface area (Å²) < 4.78 is 0. The van der Waals surface area contributed by atoms with Crippen LogP contribution in [0.2, 0.25) is 0 Å². The molecule has 0 aromatic carbocycles. The van der Waals surface area contributed by atoms with Crippen molar-refractivity contribution in [2.24, 2.45) is 4.99 Å². The molecule has 2 heteroatoms. The maximum Gasteiger partial charge on any atom is 0.150 e. The number of carbonyl (C=O) groups excluding carboxylic acids is 1. The predicted octanol–water partition coefficient (Wildman–Crippen LogP) is 0.998. The van der Waals surface area contributed by atoms with E-state index in [1.54, 1.807) is 19.3 Å². The Morgan fingerprint density at radius 1 is 1.67 bits per heavy atom. The summed E-state index contributed by atoms with van der Waals surface area (Å²) in [5, 5.41) is 0. The first-order valence-electron chi connectivity index (χ1n) is 2.55. The fourth-order valence-corrected chi connectivity index (χ4v) is 0.316. The second-order valence-electron chi connectivity index (χ2n) is 1.40. The van der Waals surface area contributed by atoms with Gasteiger partial charge in [0, 0.05) is 18.8 Å². The van der Waals surface area contributed by atoms with Gasteiger partial charge in [0.2, 0.25) is 0 Å². The highest BCUT2D eigenvalue weighted by atomic mass is 16.1. The van der Waals surface area contributed by atoms with E-state index in [1.165, 1.54) is 6.08 Å². The summed E-state index contributed by atoms with van der Waals surface area (Å²) in [7, 11) is 1.64. The van der Waals surface area contributed by atoms with E-state index < -0.39 is 0 Å². The summed E-state index contributed by atoms with van der Waals surface area (Å²) >= 11 is 0. The van der Waals surface area contributed by atoms with E-state index in [0.717, 1.165) is 6.29 Å². The average molecular weight is 123 g/mol. The van der Waals surface area contributed by atoms with Crippen LogP contribution in [-0.2, 0) is 4.79 Å².